The fourth-order valence-electron chi connectivity index (χ4n) is 5.25. The van der Waals surface area contributed by atoms with Crippen LogP contribution >= 0.6 is 0 Å². The van der Waals surface area contributed by atoms with Crippen molar-refractivity contribution in [1.29, 1.82) is 5.26 Å². The van der Waals surface area contributed by atoms with Crippen LogP contribution < -0.4 is 0 Å². The van der Waals surface area contributed by atoms with Gasteiger partial charge in [-0.3, -0.25) is 9.69 Å². The Hall–Kier alpha value is -2.74. The van der Waals surface area contributed by atoms with Crippen LogP contribution in [0.15, 0.2) is 42.0 Å². The summed E-state index contributed by atoms with van der Waals surface area (Å²) in [6.45, 7) is 9.80. The Kier molecular flexibility index (Phi) is 4.43. The minimum Gasteiger partial charge on any atom is -0.304 e. The van der Waals surface area contributed by atoms with Crippen LogP contribution in [0.25, 0.3) is 5.57 Å². The van der Waals surface area contributed by atoms with Crippen LogP contribution in [0, 0.1) is 11.3 Å². The van der Waals surface area contributed by atoms with Gasteiger partial charge in [0.1, 0.15) is 0 Å². The first-order valence-electron chi connectivity index (χ1n) is 10.7. The van der Waals surface area contributed by atoms with Gasteiger partial charge in [0.05, 0.1) is 11.6 Å². The highest BCUT2D eigenvalue weighted by Crippen LogP contribution is 2.50. The molecular formula is C26H27N3O. The molecule has 1 heterocycles. The molecule has 2 aromatic rings. The van der Waals surface area contributed by atoms with E-state index in [9.17, 15) is 10.1 Å². The number of carbonyl (C=O) groups excluding carboxylic acids is 1. The highest BCUT2D eigenvalue weighted by Gasteiger charge is 2.42. The SMILES string of the molecule is CN1CCN(Cc2ccc3c(c2)C(C)(C)C2=C(C3=O)c3ccc(C#N)cc3C2)CC1. The molecule has 152 valence electrons. The van der Waals surface area contributed by atoms with Crippen molar-refractivity contribution < 1.29 is 4.79 Å². The molecule has 3 aliphatic rings. The van der Waals surface area contributed by atoms with E-state index in [1.165, 1.54) is 11.1 Å². The van der Waals surface area contributed by atoms with Crippen LogP contribution in [0.1, 0.15) is 52.0 Å². The van der Waals surface area contributed by atoms with Gasteiger partial charge in [0.2, 0.25) is 0 Å². The molecular weight excluding hydrogens is 370 g/mol. The molecule has 30 heavy (non-hydrogen) atoms. The fraction of sp³-hybridized carbons (Fsp3) is 0.385. The molecule has 0 unspecified atom stereocenters. The maximum atomic E-state index is 13.5. The number of fused-ring (bicyclic) bond motifs is 3. The molecule has 0 saturated carbocycles. The summed E-state index contributed by atoms with van der Waals surface area (Å²) in [6, 6.07) is 14.4. The second-order valence-corrected chi connectivity index (χ2v) is 9.43. The number of allylic oxidation sites excluding steroid dienone is 2. The molecule has 5 rings (SSSR count). The summed E-state index contributed by atoms with van der Waals surface area (Å²) in [6.07, 6.45) is 0.751. The molecule has 0 radical (unpaired) electrons. The van der Waals surface area contributed by atoms with Gasteiger partial charge in [0, 0.05) is 49.3 Å². The number of Topliss-reactive ketones (excluding diaryl/α,β-unsaturated/α-hetero) is 1. The van der Waals surface area contributed by atoms with Gasteiger partial charge in [0.15, 0.2) is 5.78 Å². The Balaban J connectivity index is 1.50. The normalized spacial score (nSPS) is 20.5. The molecule has 2 aromatic carbocycles. The largest absolute Gasteiger partial charge is 0.304 e. The van der Waals surface area contributed by atoms with E-state index in [0.29, 0.717) is 5.56 Å². The van der Waals surface area contributed by atoms with Gasteiger partial charge < -0.3 is 4.90 Å². The average Bonchev–Trinajstić information content (AvgIpc) is 3.14. The molecule has 1 fully saturated rings. The molecule has 0 spiro atoms. The van der Waals surface area contributed by atoms with E-state index in [2.05, 4.69) is 48.9 Å². The van der Waals surface area contributed by atoms with Crippen LogP contribution in [0.4, 0.5) is 0 Å². The van der Waals surface area contributed by atoms with Crippen molar-refractivity contribution in [2.24, 2.45) is 0 Å². The maximum absolute atomic E-state index is 13.5. The lowest BCUT2D eigenvalue weighted by Gasteiger charge is -2.36. The molecule has 0 atom stereocenters. The van der Waals surface area contributed by atoms with Crippen LogP contribution in [0.3, 0.4) is 0 Å². The minimum absolute atomic E-state index is 0.133. The van der Waals surface area contributed by atoms with Gasteiger partial charge in [0.25, 0.3) is 0 Å². The van der Waals surface area contributed by atoms with E-state index in [0.717, 1.165) is 67.0 Å². The number of benzene rings is 2. The molecule has 0 bridgehead atoms. The van der Waals surface area contributed by atoms with Gasteiger partial charge in [-0.25, -0.2) is 0 Å². The lowest BCUT2D eigenvalue weighted by molar-refractivity contribution is 0.105. The van der Waals surface area contributed by atoms with E-state index < -0.39 is 0 Å². The van der Waals surface area contributed by atoms with Crippen molar-refractivity contribution in [2.75, 3.05) is 33.2 Å². The molecule has 0 amide bonds. The standard InChI is InChI=1S/C26H27N3O/c1-26(2)22-13-18(16-29-10-8-28(3)9-11-29)5-7-21(22)25(30)24-20-6-4-17(15-27)12-19(20)14-23(24)26/h4-7,12-13H,8-11,14,16H2,1-3H3. The molecule has 0 aromatic heterocycles. The maximum Gasteiger partial charge on any atom is 0.193 e. The zero-order valence-electron chi connectivity index (χ0n) is 18.0. The van der Waals surface area contributed by atoms with Gasteiger partial charge in [-0.2, -0.15) is 5.26 Å². The Labute approximate surface area is 178 Å². The second-order valence-electron chi connectivity index (χ2n) is 9.43. The zero-order chi connectivity index (χ0) is 21.0. The van der Waals surface area contributed by atoms with E-state index >= 15 is 0 Å². The monoisotopic (exact) mass is 397 g/mol. The van der Waals surface area contributed by atoms with Crippen molar-refractivity contribution >= 4 is 11.4 Å². The minimum atomic E-state index is -0.206. The number of carbonyl (C=O) groups is 1. The number of hydrogen-bond acceptors (Lipinski definition) is 4. The Morgan fingerprint density at radius 2 is 1.77 bits per heavy atom. The summed E-state index contributed by atoms with van der Waals surface area (Å²) in [4.78, 5) is 18.4. The lowest BCUT2D eigenvalue weighted by atomic mass is 9.68. The first kappa shape index (κ1) is 19.2. The quantitative estimate of drug-likeness (QED) is 0.774. The first-order chi connectivity index (χ1) is 14.4. The van der Waals surface area contributed by atoms with Crippen molar-refractivity contribution in [1.82, 2.24) is 9.80 Å². The van der Waals surface area contributed by atoms with Crippen molar-refractivity contribution in [2.45, 2.75) is 32.2 Å². The average molecular weight is 398 g/mol. The number of ketones is 1. The van der Waals surface area contributed by atoms with E-state index in [1.54, 1.807) is 0 Å². The number of nitriles is 1. The van der Waals surface area contributed by atoms with Gasteiger partial charge in [-0.15, -0.1) is 0 Å². The molecule has 0 N–H and O–H groups in total. The Morgan fingerprint density at radius 3 is 2.50 bits per heavy atom. The number of hydrogen-bond donors (Lipinski definition) is 0. The number of nitrogens with zero attached hydrogens (tertiary/aromatic N) is 3. The number of rotatable bonds is 2. The first-order valence-corrected chi connectivity index (χ1v) is 10.7. The summed E-state index contributed by atoms with van der Waals surface area (Å²) in [5, 5.41) is 9.27. The summed E-state index contributed by atoms with van der Waals surface area (Å²) in [5.74, 6) is 0.133. The van der Waals surface area contributed by atoms with Crippen molar-refractivity contribution in [3.05, 3.63) is 75.4 Å². The summed E-state index contributed by atoms with van der Waals surface area (Å²) >= 11 is 0. The molecule has 1 aliphatic heterocycles. The third kappa shape index (κ3) is 2.93. The lowest BCUT2D eigenvalue weighted by Crippen LogP contribution is -2.43. The number of likely N-dealkylation sites (N-methyl/N-ethyl adjacent to an activating group) is 1. The molecule has 1 saturated heterocycles. The predicted molar refractivity (Wildman–Crippen MR) is 118 cm³/mol. The Bertz CT molecular complexity index is 1130. The third-order valence-electron chi connectivity index (χ3n) is 7.16. The smallest absolute Gasteiger partial charge is 0.193 e. The van der Waals surface area contributed by atoms with Crippen LogP contribution in [0.2, 0.25) is 0 Å². The van der Waals surface area contributed by atoms with Gasteiger partial charge in [-0.05, 0) is 53.4 Å². The molecule has 4 nitrogen and oxygen atoms in total. The third-order valence-corrected chi connectivity index (χ3v) is 7.16. The van der Waals surface area contributed by atoms with Crippen LogP contribution in [0.5, 0.6) is 0 Å². The summed E-state index contributed by atoms with van der Waals surface area (Å²) in [7, 11) is 2.18. The van der Waals surface area contributed by atoms with Crippen molar-refractivity contribution in [3.8, 4) is 6.07 Å². The van der Waals surface area contributed by atoms with Crippen LogP contribution in [-0.4, -0.2) is 48.8 Å². The molecule has 4 heteroatoms. The van der Waals surface area contributed by atoms with E-state index in [-0.39, 0.29) is 11.2 Å². The zero-order valence-corrected chi connectivity index (χ0v) is 18.0. The predicted octanol–water partition coefficient (Wildman–Crippen LogP) is 3.79. The summed E-state index contributed by atoms with van der Waals surface area (Å²) in [5.41, 5.74) is 7.88. The highest BCUT2D eigenvalue weighted by atomic mass is 16.1. The van der Waals surface area contributed by atoms with E-state index in [4.69, 9.17) is 0 Å². The highest BCUT2D eigenvalue weighted by molar-refractivity contribution is 6.33. The van der Waals surface area contributed by atoms with Crippen molar-refractivity contribution in [3.63, 3.8) is 0 Å². The summed E-state index contributed by atoms with van der Waals surface area (Å²) < 4.78 is 0. The van der Waals surface area contributed by atoms with E-state index in [1.807, 2.05) is 24.3 Å². The molecule has 2 aliphatic carbocycles. The topological polar surface area (TPSA) is 47.3 Å². The number of piperazine rings is 1. The van der Waals surface area contributed by atoms with Gasteiger partial charge in [-0.1, -0.05) is 38.1 Å². The Morgan fingerprint density at radius 1 is 1.03 bits per heavy atom. The second kappa shape index (κ2) is 6.91. The van der Waals surface area contributed by atoms with Crippen LogP contribution in [-0.2, 0) is 18.4 Å². The van der Waals surface area contributed by atoms with Gasteiger partial charge >= 0.3 is 0 Å². The fourth-order valence-corrected chi connectivity index (χ4v) is 5.25.